The van der Waals surface area contributed by atoms with E-state index >= 15 is 0 Å². The summed E-state index contributed by atoms with van der Waals surface area (Å²) in [5, 5.41) is 17.5. The number of pyridine rings is 1. The van der Waals surface area contributed by atoms with E-state index in [0.717, 1.165) is 47.3 Å². The van der Waals surface area contributed by atoms with Crippen LogP contribution in [0.1, 0.15) is 57.1 Å². The van der Waals surface area contributed by atoms with Crippen molar-refractivity contribution < 1.29 is 14.6 Å². The molecule has 40 heavy (non-hydrogen) atoms. The molecule has 1 fully saturated rings. The van der Waals surface area contributed by atoms with Gasteiger partial charge < -0.3 is 15.2 Å². The molecule has 208 valence electrons. The third-order valence-electron chi connectivity index (χ3n) is 9.16. The standard InChI is InChI=1S/C33H35ClN2O3S/c1-31(2,21-39-28-10-16-35-29-26(28)11-17-40-29)20-23-18-22-6-3-4-9-27(22)32(23)12-14-33(15-13-32,30(37)38)36-25-8-5-7-24(34)19-25/h3-11,16-17,19,23,36H,12-15,18,20-21H2,1-2H3,(H,37,38)/t23-,32?,33?/m0/s1. The topological polar surface area (TPSA) is 71.5 Å². The van der Waals surface area contributed by atoms with Gasteiger partial charge in [-0.15, -0.1) is 11.3 Å². The van der Waals surface area contributed by atoms with Gasteiger partial charge in [-0.05, 0) is 102 Å². The first-order chi connectivity index (χ1) is 19.2. The molecule has 0 bridgehead atoms. The Labute approximate surface area is 244 Å². The van der Waals surface area contributed by atoms with E-state index in [0.29, 0.717) is 30.4 Å². The lowest BCUT2D eigenvalue weighted by atomic mass is 9.58. The molecule has 0 unspecified atom stereocenters. The number of anilines is 1. The minimum Gasteiger partial charge on any atom is -0.492 e. The number of benzene rings is 2. The number of halogens is 1. The zero-order chi connectivity index (χ0) is 28.0. The highest BCUT2D eigenvalue weighted by molar-refractivity contribution is 7.16. The van der Waals surface area contributed by atoms with E-state index in [1.165, 1.54) is 11.1 Å². The molecule has 4 aromatic rings. The molecule has 2 heterocycles. The second kappa shape index (κ2) is 10.4. The maximum Gasteiger partial charge on any atom is 0.329 e. The maximum absolute atomic E-state index is 12.7. The molecule has 6 rings (SSSR count). The lowest BCUT2D eigenvalue weighted by Gasteiger charge is -2.48. The van der Waals surface area contributed by atoms with Gasteiger partial charge in [0.25, 0.3) is 0 Å². The molecule has 2 aromatic heterocycles. The molecule has 2 N–H and O–H groups in total. The number of rotatable bonds is 8. The average molecular weight is 575 g/mol. The van der Waals surface area contributed by atoms with Crippen molar-refractivity contribution in [3.05, 3.63) is 88.4 Å². The van der Waals surface area contributed by atoms with E-state index in [1.54, 1.807) is 23.5 Å². The average Bonchev–Trinajstić information content (AvgIpc) is 3.52. The van der Waals surface area contributed by atoms with Crippen LogP contribution in [0.2, 0.25) is 5.02 Å². The van der Waals surface area contributed by atoms with Crippen molar-refractivity contribution in [2.75, 3.05) is 11.9 Å². The molecule has 1 atom stereocenters. The number of fused-ring (bicyclic) bond motifs is 3. The Morgan fingerprint density at radius 2 is 1.93 bits per heavy atom. The van der Waals surface area contributed by atoms with Gasteiger partial charge in [0.2, 0.25) is 0 Å². The highest BCUT2D eigenvalue weighted by Gasteiger charge is 2.54. The molecule has 0 radical (unpaired) electrons. The van der Waals surface area contributed by atoms with Gasteiger partial charge in [-0.2, -0.15) is 0 Å². The Bertz CT molecular complexity index is 1540. The third-order valence-corrected chi connectivity index (χ3v) is 10.2. The summed E-state index contributed by atoms with van der Waals surface area (Å²) in [5.74, 6) is 0.510. The summed E-state index contributed by atoms with van der Waals surface area (Å²) >= 11 is 7.84. The molecule has 0 aliphatic heterocycles. The van der Waals surface area contributed by atoms with E-state index in [-0.39, 0.29) is 10.8 Å². The van der Waals surface area contributed by atoms with Gasteiger partial charge in [0.15, 0.2) is 0 Å². The lowest BCUT2D eigenvalue weighted by Crippen LogP contribution is -2.53. The molecule has 2 aromatic carbocycles. The number of aromatic nitrogens is 1. The first-order valence-corrected chi connectivity index (χ1v) is 15.3. The molecule has 0 saturated heterocycles. The number of hydrogen-bond acceptors (Lipinski definition) is 5. The second-order valence-electron chi connectivity index (χ2n) is 12.3. The molecule has 7 heteroatoms. The smallest absolute Gasteiger partial charge is 0.329 e. The quantitative estimate of drug-likeness (QED) is 0.221. The number of nitrogens with one attached hydrogen (secondary N) is 1. The summed E-state index contributed by atoms with van der Waals surface area (Å²) in [7, 11) is 0. The number of ether oxygens (including phenoxy) is 1. The summed E-state index contributed by atoms with van der Waals surface area (Å²) in [5.41, 5.74) is 2.45. The van der Waals surface area contributed by atoms with Crippen LogP contribution in [0.4, 0.5) is 5.69 Å². The third kappa shape index (κ3) is 4.97. The van der Waals surface area contributed by atoms with Crippen molar-refractivity contribution in [3.63, 3.8) is 0 Å². The molecule has 0 amide bonds. The number of nitrogens with zero attached hydrogens (tertiary/aromatic N) is 1. The van der Waals surface area contributed by atoms with E-state index in [1.807, 2.05) is 24.4 Å². The van der Waals surface area contributed by atoms with Crippen LogP contribution < -0.4 is 10.1 Å². The number of carbonyl (C=O) groups is 1. The predicted octanol–water partition coefficient (Wildman–Crippen LogP) is 8.36. The largest absolute Gasteiger partial charge is 0.492 e. The molecular weight excluding hydrogens is 540 g/mol. The van der Waals surface area contributed by atoms with E-state index in [9.17, 15) is 9.90 Å². The van der Waals surface area contributed by atoms with E-state index in [2.05, 4.69) is 59.9 Å². The fraction of sp³-hybridized carbons (Fsp3) is 0.394. The molecule has 1 spiro atoms. The van der Waals surface area contributed by atoms with Gasteiger partial charge in [0, 0.05) is 16.9 Å². The highest BCUT2D eigenvalue weighted by Crippen LogP contribution is 2.57. The van der Waals surface area contributed by atoms with Crippen molar-refractivity contribution in [2.24, 2.45) is 11.3 Å². The van der Waals surface area contributed by atoms with Crippen LogP contribution in [-0.2, 0) is 16.6 Å². The van der Waals surface area contributed by atoms with Crippen LogP contribution in [0.25, 0.3) is 10.2 Å². The zero-order valence-corrected chi connectivity index (χ0v) is 24.5. The first-order valence-electron chi connectivity index (χ1n) is 14.0. The number of carboxylic acids is 1. The highest BCUT2D eigenvalue weighted by atomic mass is 35.5. The molecule has 2 aliphatic carbocycles. The van der Waals surface area contributed by atoms with Crippen molar-refractivity contribution in [2.45, 2.75) is 63.3 Å². The zero-order valence-electron chi connectivity index (χ0n) is 23.0. The SMILES string of the molecule is CC(C)(COc1ccnc2sccc12)C[C@@H]1Cc2ccccc2C12CCC(Nc1cccc(Cl)c1)(C(=O)O)CC2. The van der Waals surface area contributed by atoms with Gasteiger partial charge in [0.1, 0.15) is 16.1 Å². The molecule has 5 nitrogen and oxygen atoms in total. The van der Waals surface area contributed by atoms with Crippen molar-refractivity contribution in [1.82, 2.24) is 4.98 Å². The molecular formula is C33H35ClN2O3S. The minimum atomic E-state index is -1.01. The van der Waals surface area contributed by atoms with E-state index < -0.39 is 11.5 Å². The van der Waals surface area contributed by atoms with Crippen molar-refractivity contribution in [3.8, 4) is 5.75 Å². The van der Waals surface area contributed by atoms with Crippen LogP contribution in [-0.4, -0.2) is 28.2 Å². The summed E-state index contributed by atoms with van der Waals surface area (Å²) in [6.45, 7) is 5.20. The van der Waals surface area contributed by atoms with Crippen LogP contribution in [0.15, 0.2) is 72.2 Å². The van der Waals surface area contributed by atoms with Gasteiger partial charge in [-0.1, -0.05) is 55.8 Å². The Kier molecular flexibility index (Phi) is 7.04. The van der Waals surface area contributed by atoms with Gasteiger partial charge in [-0.25, -0.2) is 9.78 Å². The Hall–Kier alpha value is -3.09. The van der Waals surface area contributed by atoms with Crippen LogP contribution in [0.5, 0.6) is 5.75 Å². The number of thiophene rings is 1. The predicted molar refractivity (Wildman–Crippen MR) is 163 cm³/mol. The van der Waals surface area contributed by atoms with Crippen LogP contribution in [0.3, 0.4) is 0 Å². The summed E-state index contributed by atoms with van der Waals surface area (Å²) in [4.78, 5) is 18.1. The molecule has 1 saturated carbocycles. The fourth-order valence-corrected chi connectivity index (χ4v) is 8.08. The van der Waals surface area contributed by atoms with Gasteiger partial charge >= 0.3 is 5.97 Å². The Morgan fingerprint density at radius 3 is 2.70 bits per heavy atom. The van der Waals surface area contributed by atoms with Crippen LogP contribution >= 0.6 is 22.9 Å². The minimum absolute atomic E-state index is 0.0415. The Morgan fingerprint density at radius 1 is 1.12 bits per heavy atom. The van der Waals surface area contributed by atoms with Crippen molar-refractivity contribution >= 4 is 44.8 Å². The van der Waals surface area contributed by atoms with Gasteiger partial charge in [0.05, 0.1) is 12.0 Å². The molecule has 2 aliphatic rings. The first kappa shape index (κ1) is 27.1. The van der Waals surface area contributed by atoms with Crippen LogP contribution in [0, 0.1) is 11.3 Å². The summed E-state index contributed by atoms with van der Waals surface area (Å²) < 4.78 is 6.41. The Balaban J connectivity index is 1.23. The van der Waals surface area contributed by atoms with Crippen molar-refractivity contribution in [1.29, 1.82) is 0 Å². The number of hydrogen-bond donors (Lipinski definition) is 2. The van der Waals surface area contributed by atoms with E-state index in [4.69, 9.17) is 16.3 Å². The normalized spacial score (nSPS) is 24.2. The summed E-state index contributed by atoms with van der Waals surface area (Å²) in [6, 6.07) is 20.2. The van der Waals surface area contributed by atoms with Gasteiger partial charge in [-0.3, -0.25) is 0 Å². The lowest BCUT2D eigenvalue weighted by molar-refractivity contribution is -0.144. The maximum atomic E-state index is 12.7. The number of aliphatic carboxylic acids is 1. The second-order valence-corrected chi connectivity index (χ2v) is 13.7. The summed E-state index contributed by atoms with van der Waals surface area (Å²) in [6.07, 6.45) is 6.61. The fourth-order valence-electron chi connectivity index (χ4n) is 7.14. The number of carboxylic acid groups (broad SMARTS) is 1. The monoisotopic (exact) mass is 574 g/mol.